The van der Waals surface area contributed by atoms with Crippen molar-refractivity contribution in [2.75, 3.05) is 20.1 Å². The summed E-state index contributed by atoms with van der Waals surface area (Å²) in [6.45, 7) is 8.07. The Bertz CT molecular complexity index is 677. The molecule has 3 fully saturated rings. The monoisotopic (exact) mass is 358 g/mol. The largest absolute Gasteiger partial charge is 0.342 e. The topological polar surface area (TPSA) is 69.3 Å². The van der Waals surface area contributed by atoms with Gasteiger partial charge in [0, 0.05) is 50.1 Å². The van der Waals surface area contributed by atoms with E-state index in [-0.39, 0.29) is 17.2 Å². The Morgan fingerprint density at radius 1 is 1.27 bits per heavy atom. The Kier molecular flexibility index (Phi) is 4.12. The molecule has 0 bridgehead atoms. The first-order valence-corrected chi connectivity index (χ1v) is 9.84. The number of amides is 2. The molecule has 1 saturated heterocycles. The number of carbonyl (C=O) groups excluding carboxylic acids is 2. The number of aromatic amines is 1. The van der Waals surface area contributed by atoms with E-state index in [1.807, 2.05) is 16.8 Å². The molecule has 2 saturated carbocycles. The van der Waals surface area contributed by atoms with Gasteiger partial charge in [0.05, 0.1) is 0 Å². The number of likely N-dealkylation sites (tertiary alicyclic amines) is 1. The first kappa shape index (κ1) is 17.6. The maximum Gasteiger partial charge on any atom is 0.271 e. The molecule has 6 heteroatoms. The molecule has 4 atom stereocenters. The molecule has 0 radical (unpaired) electrons. The number of aromatic nitrogens is 2. The molecule has 2 heterocycles. The fourth-order valence-electron chi connectivity index (χ4n) is 5.20. The Morgan fingerprint density at radius 2 is 1.92 bits per heavy atom. The smallest absolute Gasteiger partial charge is 0.271 e. The third-order valence-corrected chi connectivity index (χ3v) is 6.78. The Morgan fingerprint density at radius 3 is 2.38 bits per heavy atom. The van der Waals surface area contributed by atoms with Crippen LogP contribution >= 0.6 is 0 Å². The van der Waals surface area contributed by atoms with Gasteiger partial charge in [-0.25, -0.2) is 0 Å². The Labute approximate surface area is 155 Å². The quantitative estimate of drug-likeness (QED) is 0.898. The van der Waals surface area contributed by atoms with Crippen molar-refractivity contribution in [2.24, 2.45) is 29.1 Å². The van der Waals surface area contributed by atoms with E-state index in [0.29, 0.717) is 35.4 Å². The first-order valence-electron chi connectivity index (χ1n) is 9.84. The number of nitrogens with zero attached hydrogens (tertiary/aromatic N) is 3. The summed E-state index contributed by atoms with van der Waals surface area (Å²) in [5, 5.41) is 6.61. The Balaban J connectivity index is 1.38. The van der Waals surface area contributed by atoms with Gasteiger partial charge in [0.2, 0.25) is 5.91 Å². The maximum absolute atomic E-state index is 13.3. The number of hydrogen-bond donors (Lipinski definition) is 1. The van der Waals surface area contributed by atoms with E-state index in [1.54, 1.807) is 12.3 Å². The van der Waals surface area contributed by atoms with E-state index in [2.05, 4.69) is 31.0 Å². The van der Waals surface area contributed by atoms with Gasteiger partial charge >= 0.3 is 0 Å². The fraction of sp³-hybridized carbons (Fsp3) is 0.750. The van der Waals surface area contributed by atoms with Crippen molar-refractivity contribution in [3.05, 3.63) is 18.0 Å². The van der Waals surface area contributed by atoms with Crippen molar-refractivity contribution in [3.8, 4) is 0 Å². The van der Waals surface area contributed by atoms with Crippen LogP contribution in [0, 0.1) is 29.1 Å². The molecule has 3 aliphatic rings. The molecule has 0 spiro atoms. The maximum atomic E-state index is 13.3. The predicted molar refractivity (Wildman–Crippen MR) is 98.3 cm³/mol. The van der Waals surface area contributed by atoms with Crippen LogP contribution in [-0.2, 0) is 4.79 Å². The molecule has 2 aliphatic carbocycles. The zero-order valence-corrected chi connectivity index (χ0v) is 16.2. The highest BCUT2D eigenvalue weighted by molar-refractivity contribution is 5.92. The standard InChI is InChI=1S/C20H30N4O2/c1-20(2,3)16(12-6-5-7-12)19(26)23(4)17-13-10-24(11-14(13)17)18(25)15-8-9-21-22-15/h8-9,12-14,16-17H,5-7,10-11H2,1-4H3,(H,21,22)/t13-,14+,16?,17?. The van der Waals surface area contributed by atoms with Crippen LogP contribution < -0.4 is 0 Å². The Hall–Kier alpha value is -1.85. The van der Waals surface area contributed by atoms with Crippen LogP contribution in [0.3, 0.4) is 0 Å². The van der Waals surface area contributed by atoms with Gasteiger partial charge < -0.3 is 9.80 Å². The van der Waals surface area contributed by atoms with Crippen molar-refractivity contribution in [3.63, 3.8) is 0 Å². The van der Waals surface area contributed by atoms with E-state index >= 15 is 0 Å². The second kappa shape index (κ2) is 6.10. The predicted octanol–water partition coefficient (Wildman–Crippen LogP) is 2.40. The molecule has 1 aliphatic heterocycles. The van der Waals surface area contributed by atoms with Gasteiger partial charge in [-0.05, 0) is 30.2 Å². The molecular weight excluding hydrogens is 328 g/mol. The lowest BCUT2D eigenvalue weighted by Crippen LogP contribution is -2.47. The molecule has 2 amide bonds. The minimum Gasteiger partial charge on any atom is -0.342 e. The number of H-pyrrole nitrogens is 1. The minimum absolute atomic E-state index is 0.00302. The number of nitrogens with one attached hydrogen (secondary N) is 1. The summed E-state index contributed by atoms with van der Waals surface area (Å²) < 4.78 is 0. The lowest BCUT2D eigenvalue weighted by atomic mass is 9.65. The van der Waals surface area contributed by atoms with Gasteiger partial charge in [-0.3, -0.25) is 14.7 Å². The highest BCUT2D eigenvalue weighted by Crippen LogP contribution is 2.51. The van der Waals surface area contributed by atoms with E-state index in [9.17, 15) is 9.59 Å². The zero-order valence-electron chi connectivity index (χ0n) is 16.2. The normalized spacial score (nSPS) is 29.1. The molecule has 1 N–H and O–H groups in total. The zero-order chi connectivity index (χ0) is 18.6. The van der Waals surface area contributed by atoms with Crippen molar-refractivity contribution < 1.29 is 9.59 Å². The van der Waals surface area contributed by atoms with Gasteiger partial charge in [-0.2, -0.15) is 5.10 Å². The van der Waals surface area contributed by atoms with Crippen molar-refractivity contribution in [1.82, 2.24) is 20.0 Å². The SMILES string of the molecule is CN(C(=O)C(C1CCC1)C(C)(C)C)C1[C@H]2CN(C(=O)c3ccn[nH]3)C[C@@H]12. The molecule has 26 heavy (non-hydrogen) atoms. The van der Waals surface area contributed by atoms with Crippen LogP contribution in [0.25, 0.3) is 0 Å². The number of carbonyl (C=O) groups is 2. The number of hydrogen-bond acceptors (Lipinski definition) is 3. The van der Waals surface area contributed by atoms with Gasteiger partial charge in [0.1, 0.15) is 5.69 Å². The summed E-state index contributed by atoms with van der Waals surface area (Å²) in [5.41, 5.74) is 0.549. The molecular formula is C20H30N4O2. The van der Waals surface area contributed by atoms with Crippen molar-refractivity contribution >= 4 is 11.8 Å². The first-order chi connectivity index (χ1) is 12.3. The van der Waals surface area contributed by atoms with Gasteiger partial charge in [-0.1, -0.05) is 27.2 Å². The van der Waals surface area contributed by atoms with Crippen LogP contribution in [0.15, 0.2) is 12.3 Å². The number of rotatable bonds is 4. The van der Waals surface area contributed by atoms with E-state index < -0.39 is 0 Å². The fourth-order valence-corrected chi connectivity index (χ4v) is 5.20. The van der Waals surface area contributed by atoms with Crippen molar-refractivity contribution in [1.29, 1.82) is 0 Å². The molecule has 6 nitrogen and oxygen atoms in total. The second-order valence-corrected chi connectivity index (χ2v) is 9.48. The van der Waals surface area contributed by atoms with Crippen LogP contribution in [0.2, 0.25) is 0 Å². The van der Waals surface area contributed by atoms with Gasteiger partial charge in [0.25, 0.3) is 5.91 Å². The number of fused-ring (bicyclic) bond motifs is 1. The van der Waals surface area contributed by atoms with E-state index in [0.717, 1.165) is 13.1 Å². The lowest BCUT2D eigenvalue weighted by molar-refractivity contribution is -0.143. The minimum atomic E-state index is 0.00302. The second-order valence-electron chi connectivity index (χ2n) is 9.48. The van der Waals surface area contributed by atoms with Crippen LogP contribution in [0.5, 0.6) is 0 Å². The summed E-state index contributed by atoms with van der Waals surface area (Å²) in [5.74, 6) is 1.85. The molecule has 142 valence electrons. The highest BCUT2D eigenvalue weighted by atomic mass is 16.2. The van der Waals surface area contributed by atoms with Gasteiger partial charge in [-0.15, -0.1) is 0 Å². The molecule has 1 aromatic heterocycles. The number of piperidine rings is 1. The summed E-state index contributed by atoms with van der Waals surface area (Å²) in [4.78, 5) is 29.6. The average Bonchev–Trinajstić information content (AvgIpc) is 2.98. The summed E-state index contributed by atoms with van der Waals surface area (Å²) >= 11 is 0. The molecule has 0 aromatic carbocycles. The van der Waals surface area contributed by atoms with Crippen LogP contribution in [0.1, 0.15) is 50.5 Å². The van der Waals surface area contributed by atoms with Crippen LogP contribution in [-0.4, -0.2) is 58.0 Å². The highest BCUT2D eigenvalue weighted by Gasteiger charge is 2.60. The molecule has 4 rings (SSSR count). The van der Waals surface area contributed by atoms with E-state index in [1.165, 1.54) is 19.3 Å². The lowest BCUT2D eigenvalue weighted by Gasteiger charge is -2.42. The third-order valence-electron chi connectivity index (χ3n) is 6.78. The summed E-state index contributed by atoms with van der Waals surface area (Å²) in [6.07, 6.45) is 5.23. The average molecular weight is 358 g/mol. The third kappa shape index (κ3) is 2.83. The van der Waals surface area contributed by atoms with Gasteiger partial charge in [0.15, 0.2) is 0 Å². The molecule has 1 aromatic rings. The summed E-state index contributed by atoms with van der Waals surface area (Å²) in [6, 6.07) is 2.02. The van der Waals surface area contributed by atoms with E-state index in [4.69, 9.17) is 0 Å². The molecule has 2 unspecified atom stereocenters. The van der Waals surface area contributed by atoms with Crippen molar-refractivity contribution in [2.45, 2.75) is 46.1 Å². The van der Waals surface area contributed by atoms with Crippen LogP contribution in [0.4, 0.5) is 0 Å². The summed E-state index contributed by atoms with van der Waals surface area (Å²) in [7, 11) is 1.98.